The summed E-state index contributed by atoms with van der Waals surface area (Å²) in [7, 11) is 0. The molecular weight excluding hydrogens is 238 g/mol. The second-order valence-corrected chi connectivity index (χ2v) is 5.63. The summed E-state index contributed by atoms with van der Waals surface area (Å²) < 4.78 is 5.63. The Morgan fingerprint density at radius 3 is 2.21 bits per heavy atom. The molecule has 108 valence electrons. The first kappa shape index (κ1) is 16.0. The SMILES string of the molecule is CCC(C)NC(C)(CO)c1ccc(OC(C)C)cc1. The standard InChI is InChI=1S/C16H27NO2/c1-6-13(4)17-16(5,11-18)14-7-9-15(10-8-14)19-12(2)3/h7-10,12-13,17-18H,6,11H2,1-5H3. The molecule has 0 heterocycles. The van der Waals surface area contributed by atoms with Gasteiger partial charge in [0.1, 0.15) is 5.75 Å². The highest BCUT2D eigenvalue weighted by atomic mass is 16.5. The van der Waals surface area contributed by atoms with E-state index in [0.29, 0.717) is 6.04 Å². The minimum Gasteiger partial charge on any atom is -0.491 e. The molecule has 0 fully saturated rings. The van der Waals surface area contributed by atoms with E-state index in [1.807, 2.05) is 45.0 Å². The number of aliphatic hydroxyl groups is 1. The van der Waals surface area contributed by atoms with E-state index in [1.165, 1.54) is 0 Å². The van der Waals surface area contributed by atoms with Crippen molar-refractivity contribution < 1.29 is 9.84 Å². The van der Waals surface area contributed by atoms with Crippen LogP contribution in [-0.2, 0) is 5.54 Å². The molecule has 2 unspecified atom stereocenters. The molecule has 3 heteroatoms. The lowest BCUT2D eigenvalue weighted by atomic mass is 9.91. The Hall–Kier alpha value is -1.06. The van der Waals surface area contributed by atoms with Crippen molar-refractivity contribution in [1.82, 2.24) is 5.32 Å². The number of rotatable bonds is 7. The predicted molar refractivity (Wildman–Crippen MR) is 79.5 cm³/mol. The maximum absolute atomic E-state index is 9.70. The van der Waals surface area contributed by atoms with Gasteiger partial charge in [-0.1, -0.05) is 19.1 Å². The van der Waals surface area contributed by atoms with Crippen LogP contribution in [0.1, 0.15) is 46.6 Å². The third-order valence-electron chi connectivity index (χ3n) is 3.36. The minimum absolute atomic E-state index is 0.0712. The average molecular weight is 265 g/mol. The summed E-state index contributed by atoms with van der Waals surface area (Å²) in [6.07, 6.45) is 1.21. The molecule has 19 heavy (non-hydrogen) atoms. The number of nitrogens with one attached hydrogen (secondary N) is 1. The molecule has 1 aromatic rings. The summed E-state index contributed by atoms with van der Waals surface area (Å²) in [5, 5.41) is 13.2. The first-order valence-corrected chi connectivity index (χ1v) is 7.07. The summed E-state index contributed by atoms with van der Waals surface area (Å²) in [5.74, 6) is 0.863. The Balaban J connectivity index is 2.86. The molecule has 1 aromatic carbocycles. The number of benzene rings is 1. The Kier molecular flexibility index (Phi) is 5.83. The zero-order chi connectivity index (χ0) is 14.5. The smallest absolute Gasteiger partial charge is 0.119 e. The largest absolute Gasteiger partial charge is 0.491 e. The maximum Gasteiger partial charge on any atom is 0.119 e. The summed E-state index contributed by atoms with van der Waals surface area (Å²) in [4.78, 5) is 0. The lowest BCUT2D eigenvalue weighted by Gasteiger charge is -2.32. The lowest BCUT2D eigenvalue weighted by Crippen LogP contribution is -2.47. The van der Waals surface area contributed by atoms with Crippen molar-refractivity contribution in [3.05, 3.63) is 29.8 Å². The van der Waals surface area contributed by atoms with E-state index in [9.17, 15) is 5.11 Å². The molecule has 0 aromatic heterocycles. The van der Waals surface area contributed by atoms with Crippen molar-refractivity contribution >= 4 is 0 Å². The van der Waals surface area contributed by atoms with Crippen LogP contribution >= 0.6 is 0 Å². The van der Waals surface area contributed by atoms with Gasteiger partial charge in [0, 0.05) is 6.04 Å². The predicted octanol–water partition coefficient (Wildman–Crippen LogP) is 3.07. The molecule has 0 radical (unpaired) electrons. The van der Waals surface area contributed by atoms with Crippen molar-refractivity contribution in [2.45, 2.75) is 58.7 Å². The van der Waals surface area contributed by atoms with Crippen LogP contribution in [0.5, 0.6) is 5.75 Å². The van der Waals surface area contributed by atoms with E-state index < -0.39 is 5.54 Å². The zero-order valence-electron chi connectivity index (χ0n) is 12.7. The molecular formula is C16H27NO2. The van der Waals surface area contributed by atoms with E-state index in [2.05, 4.69) is 19.2 Å². The molecule has 0 aliphatic heterocycles. The Morgan fingerprint density at radius 2 is 1.79 bits per heavy atom. The van der Waals surface area contributed by atoms with Crippen LogP contribution in [0.25, 0.3) is 0 Å². The van der Waals surface area contributed by atoms with Crippen molar-refractivity contribution in [3.8, 4) is 5.75 Å². The molecule has 0 spiro atoms. The monoisotopic (exact) mass is 265 g/mol. The van der Waals surface area contributed by atoms with E-state index >= 15 is 0 Å². The van der Waals surface area contributed by atoms with E-state index in [-0.39, 0.29) is 12.7 Å². The van der Waals surface area contributed by atoms with Crippen LogP contribution in [0.2, 0.25) is 0 Å². The lowest BCUT2D eigenvalue weighted by molar-refractivity contribution is 0.162. The third-order valence-corrected chi connectivity index (χ3v) is 3.36. The van der Waals surface area contributed by atoms with Gasteiger partial charge in [0.05, 0.1) is 18.2 Å². The first-order valence-electron chi connectivity index (χ1n) is 7.07. The molecule has 0 aliphatic carbocycles. The van der Waals surface area contributed by atoms with Crippen LogP contribution in [0, 0.1) is 0 Å². The zero-order valence-corrected chi connectivity index (χ0v) is 12.7. The van der Waals surface area contributed by atoms with Gasteiger partial charge in [0.2, 0.25) is 0 Å². The number of ether oxygens (including phenoxy) is 1. The molecule has 0 amide bonds. The highest BCUT2D eigenvalue weighted by Crippen LogP contribution is 2.24. The van der Waals surface area contributed by atoms with E-state index in [0.717, 1.165) is 17.7 Å². The number of aliphatic hydroxyl groups excluding tert-OH is 1. The third kappa shape index (κ3) is 4.51. The highest BCUT2D eigenvalue weighted by Gasteiger charge is 2.26. The first-order chi connectivity index (χ1) is 8.91. The highest BCUT2D eigenvalue weighted by molar-refractivity contribution is 5.32. The maximum atomic E-state index is 9.70. The Morgan fingerprint density at radius 1 is 1.21 bits per heavy atom. The molecule has 3 nitrogen and oxygen atoms in total. The van der Waals surface area contributed by atoms with Gasteiger partial charge in [-0.25, -0.2) is 0 Å². The van der Waals surface area contributed by atoms with Crippen molar-refractivity contribution in [2.24, 2.45) is 0 Å². The van der Waals surface area contributed by atoms with E-state index in [1.54, 1.807) is 0 Å². The Labute approximate surface area is 117 Å². The summed E-state index contributed by atoms with van der Waals surface area (Å²) >= 11 is 0. The van der Waals surface area contributed by atoms with Gasteiger partial charge in [-0.2, -0.15) is 0 Å². The van der Waals surface area contributed by atoms with Crippen LogP contribution in [-0.4, -0.2) is 23.9 Å². The molecule has 0 bridgehead atoms. The molecule has 0 aliphatic rings. The quantitative estimate of drug-likeness (QED) is 0.796. The molecule has 2 atom stereocenters. The molecule has 0 saturated heterocycles. The number of hydrogen-bond donors (Lipinski definition) is 2. The topological polar surface area (TPSA) is 41.5 Å². The van der Waals surface area contributed by atoms with Crippen molar-refractivity contribution in [1.29, 1.82) is 0 Å². The second kappa shape index (κ2) is 6.92. The van der Waals surface area contributed by atoms with Crippen LogP contribution < -0.4 is 10.1 Å². The fraction of sp³-hybridized carbons (Fsp3) is 0.625. The fourth-order valence-electron chi connectivity index (χ4n) is 2.04. The normalized spacial score (nSPS) is 16.2. The van der Waals surface area contributed by atoms with Crippen molar-refractivity contribution in [2.75, 3.05) is 6.61 Å². The fourth-order valence-corrected chi connectivity index (χ4v) is 2.04. The van der Waals surface area contributed by atoms with Gasteiger partial charge in [-0.05, 0) is 51.8 Å². The Bertz CT molecular complexity index is 375. The van der Waals surface area contributed by atoms with Crippen LogP contribution in [0.15, 0.2) is 24.3 Å². The van der Waals surface area contributed by atoms with Gasteiger partial charge in [-0.15, -0.1) is 0 Å². The molecule has 0 saturated carbocycles. The second-order valence-electron chi connectivity index (χ2n) is 5.63. The average Bonchev–Trinajstić information content (AvgIpc) is 2.38. The van der Waals surface area contributed by atoms with Crippen LogP contribution in [0.4, 0.5) is 0 Å². The summed E-state index contributed by atoms with van der Waals surface area (Å²) in [6, 6.07) is 8.32. The van der Waals surface area contributed by atoms with Gasteiger partial charge >= 0.3 is 0 Å². The van der Waals surface area contributed by atoms with Crippen LogP contribution in [0.3, 0.4) is 0 Å². The molecule has 2 N–H and O–H groups in total. The summed E-state index contributed by atoms with van der Waals surface area (Å²) in [5.41, 5.74) is 0.664. The van der Waals surface area contributed by atoms with Gasteiger partial charge < -0.3 is 15.2 Å². The minimum atomic E-state index is -0.411. The van der Waals surface area contributed by atoms with Gasteiger partial charge in [0.25, 0.3) is 0 Å². The number of hydrogen-bond acceptors (Lipinski definition) is 3. The summed E-state index contributed by atoms with van der Waals surface area (Å²) in [6.45, 7) is 10.4. The van der Waals surface area contributed by atoms with Crippen molar-refractivity contribution in [3.63, 3.8) is 0 Å². The van der Waals surface area contributed by atoms with Gasteiger partial charge in [0.15, 0.2) is 0 Å². The van der Waals surface area contributed by atoms with E-state index in [4.69, 9.17) is 4.74 Å². The van der Waals surface area contributed by atoms with Gasteiger partial charge in [-0.3, -0.25) is 0 Å². The molecule has 1 rings (SSSR count).